The smallest absolute Gasteiger partial charge is 0.398 e. The predicted octanol–water partition coefficient (Wildman–Crippen LogP) is 2.73. The maximum Gasteiger partial charge on any atom is 0.580 e. The lowest BCUT2D eigenvalue weighted by atomic mass is 10.1. The summed E-state index contributed by atoms with van der Waals surface area (Å²) < 4.78 is 3.39. The molecule has 0 aliphatic heterocycles. The van der Waals surface area contributed by atoms with Gasteiger partial charge < -0.3 is 5.73 Å². The number of pyridine rings is 1. The van der Waals surface area contributed by atoms with Gasteiger partial charge in [-0.25, -0.2) is 0 Å². The van der Waals surface area contributed by atoms with Crippen molar-refractivity contribution in [2.24, 2.45) is 0 Å². The Balaban J connectivity index is 0.00000225. The number of nitro groups is 1. The molecule has 0 aliphatic rings. The average Bonchev–Trinajstić information content (AvgIpc) is 2.68. The lowest BCUT2D eigenvalue weighted by Crippen LogP contribution is -2.34. The molecule has 2 aromatic carbocycles. The second kappa shape index (κ2) is 7.45. The van der Waals surface area contributed by atoms with Gasteiger partial charge in [0.15, 0.2) is 12.4 Å². The normalized spacial score (nSPS) is 10.4. The van der Waals surface area contributed by atoms with Crippen molar-refractivity contribution in [1.29, 1.82) is 0 Å². The van der Waals surface area contributed by atoms with E-state index in [0.717, 1.165) is 0 Å². The van der Waals surface area contributed by atoms with Crippen molar-refractivity contribution >= 4 is 34.8 Å². The van der Waals surface area contributed by atoms with Crippen molar-refractivity contribution < 1.29 is 14.0 Å². The van der Waals surface area contributed by atoms with E-state index in [1.165, 1.54) is 10.7 Å². The highest BCUT2D eigenvalue weighted by Gasteiger charge is 2.31. The molecule has 4 rings (SSSR count). The van der Waals surface area contributed by atoms with Crippen molar-refractivity contribution in [3.8, 4) is 11.4 Å². The Morgan fingerprint density at radius 2 is 1.64 bits per heavy atom. The molecule has 0 saturated heterocycles. The van der Waals surface area contributed by atoms with E-state index in [1.54, 1.807) is 65.5 Å². The number of halogens is 1. The summed E-state index contributed by atoms with van der Waals surface area (Å²) in [4.78, 5) is 23.5. The molecular weight excluding hydrogens is 382 g/mol. The van der Waals surface area contributed by atoms with E-state index < -0.39 is 10.7 Å². The van der Waals surface area contributed by atoms with E-state index in [0.29, 0.717) is 32.5 Å². The van der Waals surface area contributed by atoms with E-state index in [9.17, 15) is 15.0 Å². The van der Waals surface area contributed by atoms with Crippen LogP contribution in [-0.4, -0.2) is 9.61 Å². The van der Waals surface area contributed by atoms with Gasteiger partial charge in [0.2, 0.25) is 10.2 Å². The molecule has 0 spiro atoms. The van der Waals surface area contributed by atoms with Crippen LogP contribution in [0.3, 0.4) is 0 Å². The Hall–Kier alpha value is -3.78. The fourth-order valence-electron chi connectivity index (χ4n) is 3.02. The van der Waals surface area contributed by atoms with Crippen LogP contribution in [0, 0.1) is 15.0 Å². The molecule has 9 heteroatoms. The largest absolute Gasteiger partial charge is 0.580 e. The van der Waals surface area contributed by atoms with Crippen molar-refractivity contribution in [1.82, 2.24) is 4.68 Å². The van der Waals surface area contributed by atoms with Crippen LogP contribution < -0.4 is 14.8 Å². The van der Waals surface area contributed by atoms with Crippen molar-refractivity contribution in [2.45, 2.75) is 0 Å². The second-order valence-corrected chi connectivity index (χ2v) is 5.93. The van der Waals surface area contributed by atoms with Gasteiger partial charge in [-0.05, 0) is 18.2 Å². The summed E-state index contributed by atoms with van der Waals surface area (Å²) >= 11 is 0. The number of rotatable bonds is 3. The first-order valence-corrected chi connectivity index (χ1v) is 8.15. The number of fused-ring (bicyclic) bond motifs is 1. The van der Waals surface area contributed by atoms with Crippen LogP contribution in [-0.2, 0) is 0 Å². The molecule has 0 unspecified atom stereocenters. The number of hydrogen-bond donors (Lipinski definition) is 1. The number of hydrogen-bond acceptors (Lipinski definition) is 4. The van der Waals surface area contributed by atoms with Crippen LogP contribution in [0.25, 0.3) is 22.3 Å². The third-order valence-electron chi connectivity index (χ3n) is 4.26. The molecule has 4 aromatic rings. The van der Waals surface area contributed by atoms with E-state index in [4.69, 9.17) is 5.73 Å². The monoisotopic (exact) mass is 397 g/mol. The highest BCUT2D eigenvalue weighted by molar-refractivity contribution is 5.87. The highest BCUT2D eigenvalue weighted by Crippen LogP contribution is 2.23. The molecule has 140 valence electrons. The van der Waals surface area contributed by atoms with Crippen molar-refractivity contribution in [3.63, 3.8) is 0 Å². The standard InChI is InChI=1S/C19H14N5O3.ClH/c20-14-9-11-21(12-10-14)17-7-4-8-18-16(17)13-19(24(26)27)23(25)22(18)15-5-2-1-3-6-15;/h1-13,20H;1H/q+1;/p+1. The minimum absolute atomic E-state index is 0. The maximum atomic E-state index is 12.7. The third kappa shape index (κ3) is 3.17. The highest BCUT2D eigenvalue weighted by atomic mass is 35.5. The first kappa shape index (κ1) is 19.0. The summed E-state index contributed by atoms with van der Waals surface area (Å²) in [6.45, 7) is 0. The molecule has 28 heavy (non-hydrogen) atoms. The van der Waals surface area contributed by atoms with Gasteiger partial charge in [0, 0.05) is 23.9 Å². The number of para-hydroxylation sites is 1. The minimum Gasteiger partial charge on any atom is -0.398 e. The topological polar surface area (TPSA) is 101 Å². The zero-order chi connectivity index (χ0) is 19.0. The van der Waals surface area contributed by atoms with E-state index in [2.05, 4.69) is 0 Å². The number of nitrogen functional groups attached to an aromatic ring is 1. The number of benzene rings is 2. The third-order valence-corrected chi connectivity index (χ3v) is 4.26. The summed E-state index contributed by atoms with van der Waals surface area (Å²) in [6, 6.07) is 18.9. The molecule has 2 heterocycles. The van der Waals surface area contributed by atoms with Gasteiger partial charge in [0.05, 0.1) is 10.3 Å². The first-order chi connectivity index (χ1) is 13.1. The lowest BCUT2D eigenvalue weighted by Gasteiger charge is -2.05. The fraction of sp³-hybridized carbons (Fsp3) is 0. The number of nitrogens with zero attached hydrogens (tertiary/aromatic N) is 4. The van der Waals surface area contributed by atoms with Gasteiger partial charge in [-0.2, -0.15) is 4.57 Å². The predicted molar refractivity (Wildman–Crippen MR) is 106 cm³/mol. The molecule has 0 amide bonds. The zero-order valence-electron chi connectivity index (χ0n) is 14.5. The molecule has 8 nitrogen and oxygen atoms in total. The molecule has 0 bridgehead atoms. The number of nitrogens with two attached hydrogens (primary N) is 1. The Kier molecular flexibility index (Phi) is 5.06. The van der Waals surface area contributed by atoms with Crippen molar-refractivity contribution in [3.05, 3.63) is 94.1 Å². The Morgan fingerprint density at radius 1 is 0.964 bits per heavy atom. The Morgan fingerprint density at radius 3 is 2.29 bits per heavy atom. The van der Waals surface area contributed by atoms with Crippen LogP contribution in [0.4, 0.5) is 11.5 Å². The molecule has 0 aliphatic carbocycles. The van der Waals surface area contributed by atoms with Gasteiger partial charge in [0.25, 0.3) is 0 Å². The van der Waals surface area contributed by atoms with Gasteiger partial charge in [-0.3, -0.25) is 10.1 Å². The average molecular weight is 398 g/mol. The zero-order valence-corrected chi connectivity index (χ0v) is 15.3. The van der Waals surface area contributed by atoms with E-state index in [1.807, 2.05) is 12.1 Å². The molecule has 0 fully saturated rings. The van der Waals surface area contributed by atoms with Crippen LogP contribution in [0.1, 0.15) is 0 Å². The quantitative estimate of drug-likeness (QED) is 0.326. The van der Waals surface area contributed by atoms with Crippen LogP contribution in [0.5, 0.6) is 0 Å². The van der Waals surface area contributed by atoms with Gasteiger partial charge in [-0.15, -0.1) is 12.4 Å². The molecular formula is C19H16ClN5O3+2. The second-order valence-electron chi connectivity index (χ2n) is 5.93. The maximum absolute atomic E-state index is 12.7. The summed E-state index contributed by atoms with van der Waals surface area (Å²) in [6.07, 6.45) is 3.53. The molecule has 0 atom stereocenters. The minimum atomic E-state index is -0.684. The summed E-state index contributed by atoms with van der Waals surface area (Å²) in [7, 11) is 0. The van der Waals surface area contributed by atoms with Gasteiger partial charge in [-0.1, -0.05) is 28.9 Å². The molecule has 2 aromatic heterocycles. The SMILES string of the molecule is Cl.Nc1cc[n+](-c2cccc3c2cc([N+](=O)[O-])[n+](=O)n3-c2ccccc2)cc1. The first-order valence-electron chi connectivity index (χ1n) is 8.15. The van der Waals surface area contributed by atoms with Crippen LogP contribution in [0.2, 0.25) is 0 Å². The fourth-order valence-corrected chi connectivity index (χ4v) is 3.02. The summed E-state index contributed by atoms with van der Waals surface area (Å²) in [5.74, 6) is -0.560. The molecule has 0 saturated carbocycles. The summed E-state index contributed by atoms with van der Waals surface area (Å²) in [5.41, 5.74) is 8.12. The van der Waals surface area contributed by atoms with Crippen molar-refractivity contribution in [2.75, 3.05) is 5.73 Å². The number of anilines is 1. The Labute approximate surface area is 165 Å². The van der Waals surface area contributed by atoms with E-state index in [-0.39, 0.29) is 12.4 Å². The molecule has 2 N–H and O–H groups in total. The van der Waals surface area contributed by atoms with Gasteiger partial charge >= 0.3 is 5.82 Å². The van der Waals surface area contributed by atoms with Crippen LogP contribution in [0.15, 0.2) is 79.1 Å². The van der Waals surface area contributed by atoms with E-state index >= 15 is 0 Å². The molecule has 0 radical (unpaired) electrons. The lowest BCUT2D eigenvalue weighted by molar-refractivity contribution is -0.646. The summed E-state index contributed by atoms with van der Waals surface area (Å²) in [5, 5.41) is 12.1. The van der Waals surface area contributed by atoms with Gasteiger partial charge in [0.1, 0.15) is 22.2 Å². The Bertz CT molecular complexity index is 1220. The number of aromatic nitrogens is 3. The van der Waals surface area contributed by atoms with Crippen LogP contribution >= 0.6 is 12.4 Å².